The maximum Gasteiger partial charge on any atom is 0.312 e. The summed E-state index contributed by atoms with van der Waals surface area (Å²) in [4.78, 5) is 13.0. The monoisotopic (exact) mass is 387 g/mol. The number of carbonyl (C=O) groups excluding carboxylic acids is 1. The highest BCUT2D eigenvalue weighted by Gasteiger charge is 2.22. The van der Waals surface area contributed by atoms with Crippen LogP contribution in [0, 0.1) is 5.82 Å². The van der Waals surface area contributed by atoms with Crippen LogP contribution in [0.2, 0.25) is 0 Å². The SMILES string of the molecule is CN(C)C(Cc1cc(F)ccc1CCNC(N)=O)Cc1cccc2c1OCO2. The Bertz CT molecular complexity index is 842. The first-order valence-electron chi connectivity index (χ1n) is 9.28. The number of nitrogens with one attached hydrogen (secondary N) is 1. The van der Waals surface area contributed by atoms with Gasteiger partial charge < -0.3 is 25.4 Å². The van der Waals surface area contributed by atoms with Crippen molar-refractivity contribution in [3.05, 3.63) is 58.9 Å². The first-order chi connectivity index (χ1) is 13.4. The number of carbonyl (C=O) groups is 1. The van der Waals surface area contributed by atoms with Crippen molar-refractivity contribution in [3.8, 4) is 11.5 Å². The number of ether oxygens (including phenoxy) is 2. The number of urea groups is 1. The number of primary amides is 1. The van der Waals surface area contributed by atoms with Crippen LogP contribution in [-0.4, -0.2) is 44.4 Å². The molecule has 2 amide bonds. The molecule has 0 saturated heterocycles. The molecule has 1 heterocycles. The number of benzene rings is 2. The second-order valence-electron chi connectivity index (χ2n) is 7.13. The van der Waals surface area contributed by atoms with Crippen molar-refractivity contribution in [2.24, 2.45) is 5.73 Å². The van der Waals surface area contributed by atoms with E-state index in [1.54, 1.807) is 12.1 Å². The normalized spacial score (nSPS) is 13.6. The third kappa shape index (κ3) is 4.92. The van der Waals surface area contributed by atoms with E-state index < -0.39 is 6.03 Å². The third-order valence-corrected chi connectivity index (χ3v) is 4.98. The molecule has 7 heteroatoms. The number of likely N-dealkylation sites (N-methyl/N-ethyl adjacent to an activating group) is 1. The van der Waals surface area contributed by atoms with E-state index >= 15 is 0 Å². The van der Waals surface area contributed by atoms with Crippen molar-refractivity contribution in [1.82, 2.24) is 10.2 Å². The van der Waals surface area contributed by atoms with Gasteiger partial charge in [0.1, 0.15) is 5.82 Å². The average molecular weight is 387 g/mol. The van der Waals surface area contributed by atoms with Gasteiger partial charge in [-0.05, 0) is 68.2 Å². The van der Waals surface area contributed by atoms with Crippen LogP contribution in [0.5, 0.6) is 11.5 Å². The molecule has 3 N–H and O–H groups in total. The Balaban J connectivity index is 1.78. The zero-order valence-electron chi connectivity index (χ0n) is 16.2. The standard InChI is InChI=1S/C21H26FN3O3/c1-25(2)18(11-15-4-3-5-19-20(15)28-13-27-19)12-16-10-17(22)7-6-14(16)8-9-24-21(23)26/h3-7,10,18H,8-9,11-13H2,1-2H3,(H3,23,24,26). The largest absolute Gasteiger partial charge is 0.454 e. The Morgan fingerprint density at radius 2 is 1.96 bits per heavy atom. The minimum Gasteiger partial charge on any atom is -0.454 e. The summed E-state index contributed by atoms with van der Waals surface area (Å²) in [6.07, 6.45) is 2.01. The summed E-state index contributed by atoms with van der Waals surface area (Å²) in [6, 6.07) is 10.3. The van der Waals surface area contributed by atoms with Crippen molar-refractivity contribution in [3.63, 3.8) is 0 Å². The van der Waals surface area contributed by atoms with E-state index in [9.17, 15) is 9.18 Å². The molecule has 1 atom stereocenters. The first-order valence-corrected chi connectivity index (χ1v) is 9.28. The van der Waals surface area contributed by atoms with E-state index in [2.05, 4.69) is 10.2 Å². The Kier molecular flexibility index (Phi) is 6.36. The van der Waals surface area contributed by atoms with Crippen LogP contribution in [-0.2, 0) is 19.3 Å². The Morgan fingerprint density at radius 1 is 1.18 bits per heavy atom. The number of fused-ring (bicyclic) bond motifs is 1. The van der Waals surface area contributed by atoms with E-state index in [4.69, 9.17) is 15.2 Å². The van der Waals surface area contributed by atoms with Gasteiger partial charge in [0.05, 0.1) is 0 Å². The van der Waals surface area contributed by atoms with Gasteiger partial charge in [0.25, 0.3) is 0 Å². The van der Waals surface area contributed by atoms with Gasteiger partial charge >= 0.3 is 6.03 Å². The molecule has 0 radical (unpaired) electrons. The molecule has 0 bridgehead atoms. The minimum absolute atomic E-state index is 0.139. The predicted molar refractivity (Wildman–Crippen MR) is 105 cm³/mol. The van der Waals surface area contributed by atoms with Gasteiger partial charge in [-0.2, -0.15) is 0 Å². The lowest BCUT2D eigenvalue weighted by Gasteiger charge is -2.26. The average Bonchev–Trinajstić information content (AvgIpc) is 3.12. The fraction of sp³-hybridized carbons (Fsp3) is 0.381. The Morgan fingerprint density at radius 3 is 2.71 bits per heavy atom. The van der Waals surface area contributed by atoms with Crippen molar-refractivity contribution in [2.45, 2.75) is 25.3 Å². The van der Waals surface area contributed by atoms with Gasteiger partial charge in [0.2, 0.25) is 6.79 Å². The number of hydrogen-bond acceptors (Lipinski definition) is 4. The number of nitrogens with zero attached hydrogens (tertiary/aromatic N) is 1. The highest BCUT2D eigenvalue weighted by atomic mass is 19.1. The minimum atomic E-state index is -0.560. The lowest BCUT2D eigenvalue weighted by Crippen LogP contribution is -2.33. The summed E-state index contributed by atoms with van der Waals surface area (Å²) in [5.74, 6) is 1.29. The molecule has 28 heavy (non-hydrogen) atoms. The number of rotatable bonds is 8. The fourth-order valence-electron chi connectivity index (χ4n) is 3.45. The third-order valence-electron chi connectivity index (χ3n) is 4.98. The van der Waals surface area contributed by atoms with Gasteiger partial charge in [-0.1, -0.05) is 18.2 Å². The Labute approximate surface area is 164 Å². The van der Waals surface area contributed by atoms with Crippen molar-refractivity contribution in [1.29, 1.82) is 0 Å². The maximum absolute atomic E-state index is 13.9. The van der Waals surface area contributed by atoms with Crippen molar-refractivity contribution < 1.29 is 18.7 Å². The molecule has 0 spiro atoms. The van der Waals surface area contributed by atoms with Crippen LogP contribution in [0.15, 0.2) is 36.4 Å². The van der Waals surface area contributed by atoms with Crippen molar-refractivity contribution in [2.75, 3.05) is 27.4 Å². The van der Waals surface area contributed by atoms with Gasteiger partial charge in [0.15, 0.2) is 11.5 Å². The topological polar surface area (TPSA) is 76.8 Å². The predicted octanol–water partition coefficient (Wildman–Crippen LogP) is 2.48. The molecule has 0 aliphatic carbocycles. The second kappa shape index (κ2) is 8.93. The summed E-state index contributed by atoms with van der Waals surface area (Å²) in [5.41, 5.74) is 8.13. The first kappa shape index (κ1) is 19.9. The number of nitrogens with two attached hydrogens (primary N) is 1. The van der Waals surface area contributed by atoms with Crippen LogP contribution in [0.4, 0.5) is 9.18 Å². The molecule has 0 aromatic heterocycles. The van der Waals surface area contributed by atoms with Crippen LogP contribution in [0.3, 0.4) is 0 Å². The number of hydrogen-bond donors (Lipinski definition) is 2. The second-order valence-corrected chi connectivity index (χ2v) is 7.13. The molecule has 0 fully saturated rings. The number of halogens is 1. The molecule has 150 valence electrons. The highest BCUT2D eigenvalue weighted by Crippen LogP contribution is 2.36. The quantitative estimate of drug-likeness (QED) is 0.730. The van der Waals surface area contributed by atoms with Crippen LogP contribution in [0.25, 0.3) is 0 Å². The molecule has 2 aromatic carbocycles. The summed E-state index contributed by atoms with van der Waals surface area (Å²) in [5, 5.41) is 2.58. The molecule has 1 aliphatic rings. The molecular weight excluding hydrogens is 361 g/mol. The van der Waals surface area contributed by atoms with E-state index in [1.807, 2.05) is 32.3 Å². The van der Waals surface area contributed by atoms with Gasteiger partial charge in [-0.3, -0.25) is 0 Å². The molecule has 3 rings (SSSR count). The van der Waals surface area contributed by atoms with Gasteiger partial charge in [-0.25, -0.2) is 9.18 Å². The van der Waals surface area contributed by atoms with Crippen LogP contribution in [0.1, 0.15) is 16.7 Å². The lowest BCUT2D eigenvalue weighted by molar-refractivity contribution is 0.172. The number of amides is 2. The fourth-order valence-corrected chi connectivity index (χ4v) is 3.45. The summed E-state index contributed by atoms with van der Waals surface area (Å²) in [7, 11) is 4.03. The summed E-state index contributed by atoms with van der Waals surface area (Å²) in [6.45, 7) is 0.651. The van der Waals surface area contributed by atoms with Crippen LogP contribution >= 0.6 is 0 Å². The van der Waals surface area contributed by atoms with Gasteiger partial charge in [0, 0.05) is 12.6 Å². The van der Waals surface area contributed by atoms with E-state index in [-0.39, 0.29) is 18.7 Å². The van der Waals surface area contributed by atoms with E-state index in [1.165, 1.54) is 6.07 Å². The molecule has 2 aromatic rings. The lowest BCUT2D eigenvalue weighted by atomic mass is 9.93. The summed E-state index contributed by atoms with van der Waals surface area (Å²) < 4.78 is 25.0. The highest BCUT2D eigenvalue weighted by molar-refractivity contribution is 5.71. The van der Waals surface area contributed by atoms with Gasteiger partial charge in [-0.15, -0.1) is 0 Å². The number of para-hydroxylation sites is 1. The van der Waals surface area contributed by atoms with Crippen LogP contribution < -0.4 is 20.5 Å². The maximum atomic E-state index is 13.9. The Hall–Kier alpha value is -2.80. The summed E-state index contributed by atoms with van der Waals surface area (Å²) >= 11 is 0. The zero-order chi connectivity index (χ0) is 20.1. The molecule has 1 aliphatic heterocycles. The van der Waals surface area contributed by atoms with E-state index in [0.717, 1.165) is 34.6 Å². The molecule has 6 nitrogen and oxygen atoms in total. The smallest absolute Gasteiger partial charge is 0.312 e. The molecule has 0 saturated carbocycles. The van der Waals surface area contributed by atoms with Crippen molar-refractivity contribution >= 4 is 6.03 Å². The molecule has 1 unspecified atom stereocenters. The zero-order valence-corrected chi connectivity index (χ0v) is 16.2. The molecular formula is C21H26FN3O3. The van der Waals surface area contributed by atoms with E-state index in [0.29, 0.717) is 19.4 Å².